The summed E-state index contributed by atoms with van der Waals surface area (Å²) in [5, 5.41) is 2.83. The van der Waals surface area contributed by atoms with Crippen molar-refractivity contribution in [2.24, 2.45) is 0 Å². The Labute approximate surface area is 171 Å². The number of nitrogens with one attached hydrogen (secondary N) is 1. The van der Waals surface area contributed by atoms with Gasteiger partial charge in [0, 0.05) is 17.9 Å². The normalized spacial score (nSPS) is 10.7. The van der Waals surface area contributed by atoms with Crippen LogP contribution in [0.25, 0.3) is 0 Å². The summed E-state index contributed by atoms with van der Waals surface area (Å²) >= 11 is 0. The highest BCUT2D eigenvalue weighted by molar-refractivity contribution is 6.02. The summed E-state index contributed by atoms with van der Waals surface area (Å²) < 4.78 is 5.61. The number of amides is 1. The van der Waals surface area contributed by atoms with E-state index in [9.17, 15) is 4.79 Å². The maximum Gasteiger partial charge on any atom is 0.275 e. The zero-order chi connectivity index (χ0) is 20.8. The van der Waals surface area contributed by atoms with E-state index in [2.05, 4.69) is 46.2 Å². The van der Waals surface area contributed by atoms with E-state index in [0.717, 1.165) is 18.0 Å². The maximum absolute atomic E-state index is 12.5. The Bertz CT molecular complexity index is 953. The number of hydrogen-bond donors (Lipinski definition) is 1. The van der Waals surface area contributed by atoms with Crippen molar-refractivity contribution in [1.29, 1.82) is 0 Å². The molecule has 29 heavy (non-hydrogen) atoms. The fraction of sp³-hybridized carbons (Fsp3) is 0.261. The molecule has 0 atom stereocenters. The predicted molar refractivity (Wildman–Crippen MR) is 116 cm³/mol. The number of nitrogens with zero attached hydrogens (tertiary/aromatic N) is 3. The number of anilines is 3. The van der Waals surface area contributed by atoms with Crippen molar-refractivity contribution in [1.82, 2.24) is 9.97 Å². The molecule has 150 valence electrons. The second kappa shape index (κ2) is 9.19. The smallest absolute Gasteiger partial charge is 0.275 e. The molecular weight excluding hydrogens is 364 g/mol. The zero-order valence-corrected chi connectivity index (χ0v) is 17.2. The van der Waals surface area contributed by atoms with Gasteiger partial charge < -0.3 is 15.0 Å². The van der Waals surface area contributed by atoms with Gasteiger partial charge in [-0.25, -0.2) is 9.97 Å². The lowest BCUT2D eigenvalue weighted by molar-refractivity contribution is 0.102. The van der Waals surface area contributed by atoms with E-state index in [0.29, 0.717) is 11.5 Å². The lowest BCUT2D eigenvalue weighted by Gasteiger charge is -2.22. The van der Waals surface area contributed by atoms with Gasteiger partial charge in [0.1, 0.15) is 11.4 Å². The van der Waals surface area contributed by atoms with E-state index in [1.807, 2.05) is 38.1 Å². The molecule has 6 nitrogen and oxygen atoms in total. The molecule has 1 amide bonds. The van der Waals surface area contributed by atoms with Crippen LogP contribution in [0, 0.1) is 6.92 Å². The lowest BCUT2D eigenvalue weighted by Crippen LogP contribution is -2.19. The second-order valence-electron chi connectivity index (χ2n) is 6.99. The molecule has 0 saturated carbocycles. The van der Waals surface area contributed by atoms with Crippen LogP contribution in [0.3, 0.4) is 0 Å². The van der Waals surface area contributed by atoms with E-state index < -0.39 is 0 Å². The Balaban J connectivity index is 1.69. The van der Waals surface area contributed by atoms with E-state index >= 15 is 0 Å². The van der Waals surface area contributed by atoms with Crippen LogP contribution in [0.5, 0.6) is 5.75 Å². The Morgan fingerprint density at radius 2 is 1.86 bits per heavy atom. The predicted octanol–water partition coefficient (Wildman–Crippen LogP) is 4.98. The minimum Gasteiger partial charge on any atom is -0.491 e. The third-order valence-corrected chi connectivity index (χ3v) is 4.26. The monoisotopic (exact) mass is 390 g/mol. The number of carbonyl (C=O) groups is 1. The lowest BCUT2D eigenvalue weighted by atomic mass is 10.2. The molecule has 1 N–H and O–H groups in total. The van der Waals surface area contributed by atoms with Crippen LogP contribution in [0.2, 0.25) is 0 Å². The summed E-state index contributed by atoms with van der Waals surface area (Å²) in [7, 11) is 0. The summed E-state index contributed by atoms with van der Waals surface area (Å²) in [4.78, 5) is 23.3. The molecule has 0 radical (unpaired) electrons. The molecule has 0 bridgehead atoms. The molecule has 1 aromatic heterocycles. The highest BCUT2D eigenvalue weighted by atomic mass is 16.5. The molecule has 1 heterocycles. The molecule has 0 unspecified atom stereocenters. The van der Waals surface area contributed by atoms with Crippen LogP contribution in [0.4, 0.5) is 17.2 Å². The first-order valence-electron chi connectivity index (χ1n) is 9.70. The van der Waals surface area contributed by atoms with E-state index in [1.165, 1.54) is 11.8 Å². The number of aryl methyl sites for hydroxylation is 1. The van der Waals surface area contributed by atoms with Crippen molar-refractivity contribution in [2.45, 2.75) is 33.8 Å². The topological polar surface area (TPSA) is 67.4 Å². The first-order chi connectivity index (χ1) is 14.0. The first kappa shape index (κ1) is 20.3. The first-order valence-corrected chi connectivity index (χ1v) is 9.70. The standard InChI is InChI=1S/C23H26N4O2/c1-5-27(19-8-6-7-17(4)13-19)22-15-24-21(14-25-22)23(28)26-18-9-11-20(12-10-18)29-16(2)3/h6-16H,5H2,1-4H3,(H,26,28). The molecule has 0 saturated heterocycles. The molecule has 0 spiro atoms. The van der Waals surface area contributed by atoms with Gasteiger partial charge in [0.2, 0.25) is 0 Å². The van der Waals surface area contributed by atoms with Crippen LogP contribution in [-0.4, -0.2) is 28.5 Å². The summed E-state index contributed by atoms with van der Waals surface area (Å²) in [5.41, 5.74) is 3.15. The van der Waals surface area contributed by atoms with E-state index in [4.69, 9.17) is 4.74 Å². The molecule has 2 aromatic carbocycles. The number of hydrogen-bond acceptors (Lipinski definition) is 5. The van der Waals surface area contributed by atoms with Gasteiger partial charge in [0.15, 0.2) is 5.82 Å². The SMILES string of the molecule is CCN(c1cccc(C)c1)c1cnc(C(=O)Nc2ccc(OC(C)C)cc2)cn1. The van der Waals surface area contributed by atoms with Crippen molar-refractivity contribution >= 4 is 23.1 Å². The van der Waals surface area contributed by atoms with Crippen LogP contribution in [0.1, 0.15) is 36.8 Å². The van der Waals surface area contributed by atoms with E-state index in [-0.39, 0.29) is 17.7 Å². The number of rotatable bonds is 7. The molecular formula is C23H26N4O2. The van der Waals surface area contributed by atoms with Crippen molar-refractivity contribution in [2.75, 3.05) is 16.8 Å². The molecule has 3 rings (SSSR count). The Morgan fingerprint density at radius 1 is 1.10 bits per heavy atom. The summed E-state index contributed by atoms with van der Waals surface area (Å²) in [6.45, 7) is 8.79. The summed E-state index contributed by atoms with van der Waals surface area (Å²) in [6, 6.07) is 15.4. The van der Waals surface area contributed by atoms with Gasteiger partial charge in [-0.15, -0.1) is 0 Å². The Morgan fingerprint density at radius 3 is 2.45 bits per heavy atom. The highest BCUT2D eigenvalue weighted by Gasteiger charge is 2.13. The van der Waals surface area contributed by atoms with Gasteiger partial charge in [-0.2, -0.15) is 0 Å². The molecule has 6 heteroatoms. The van der Waals surface area contributed by atoms with Gasteiger partial charge in [0.25, 0.3) is 5.91 Å². The quantitative estimate of drug-likeness (QED) is 0.616. The van der Waals surface area contributed by atoms with Crippen LogP contribution < -0.4 is 15.0 Å². The van der Waals surface area contributed by atoms with Crippen molar-refractivity contribution in [3.8, 4) is 5.75 Å². The average molecular weight is 390 g/mol. The summed E-state index contributed by atoms with van der Waals surface area (Å²) in [5.74, 6) is 1.16. The van der Waals surface area contributed by atoms with Crippen molar-refractivity contribution in [3.63, 3.8) is 0 Å². The Kier molecular flexibility index (Phi) is 6.44. The number of benzene rings is 2. The Hall–Kier alpha value is -3.41. The minimum atomic E-state index is -0.305. The summed E-state index contributed by atoms with van der Waals surface area (Å²) in [6.07, 6.45) is 3.23. The van der Waals surface area contributed by atoms with Crippen LogP contribution in [0.15, 0.2) is 60.9 Å². The second-order valence-corrected chi connectivity index (χ2v) is 6.99. The average Bonchev–Trinajstić information content (AvgIpc) is 2.70. The minimum absolute atomic E-state index is 0.103. The van der Waals surface area contributed by atoms with Crippen LogP contribution >= 0.6 is 0 Å². The van der Waals surface area contributed by atoms with Gasteiger partial charge >= 0.3 is 0 Å². The van der Waals surface area contributed by atoms with Gasteiger partial charge in [0.05, 0.1) is 18.5 Å². The van der Waals surface area contributed by atoms with Gasteiger partial charge in [-0.05, 0) is 69.7 Å². The van der Waals surface area contributed by atoms with Gasteiger partial charge in [-0.3, -0.25) is 4.79 Å². The number of ether oxygens (including phenoxy) is 1. The van der Waals surface area contributed by atoms with Gasteiger partial charge in [-0.1, -0.05) is 12.1 Å². The molecule has 0 aliphatic heterocycles. The molecule has 0 aliphatic rings. The molecule has 0 aliphatic carbocycles. The largest absolute Gasteiger partial charge is 0.491 e. The fourth-order valence-electron chi connectivity index (χ4n) is 2.93. The van der Waals surface area contributed by atoms with Crippen LogP contribution in [-0.2, 0) is 0 Å². The number of aromatic nitrogens is 2. The molecule has 3 aromatic rings. The molecule has 0 fully saturated rings. The number of carbonyl (C=O) groups excluding carboxylic acids is 1. The zero-order valence-electron chi connectivity index (χ0n) is 17.2. The third-order valence-electron chi connectivity index (χ3n) is 4.26. The van der Waals surface area contributed by atoms with Crippen molar-refractivity contribution in [3.05, 3.63) is 72.2 Å². The highest BCUT2D eigenvalue weighted by Crippen LogP contribution is 2.23. The maximum atomic E-state index is 12.5. The third kappa shape index (κ3) is 5.31. The van der Waals surface area contributed by atoms with Crippen molar-refractivity contribution < 1.29 is 9.53 Å². The van der Waals surface area contributed by atoms with E-state index in [1.54, 1.807) is 18.3 Å². The fourth-order valence-corrected chi connectivity index (χ4v) is 2.93.